The van der Waals surface area contributed by atoms with E-state index in [-0.39, 0.29) is 6.42 Å². The van der Waals surface area contributed by atoms with Crippen LogP contribution >= 0.6 is 0 Å². The lowest BCUT2D eigenvalue weighted by molar-refractivity contribution is -0.139. The van der Waals surface area contributed by atoms with Gasteiger partial charge in [0.05, 0.1) is 12.5 Å². The fourth-order valence-corrected chi connectivity index (χ4v) is 1.96. The summed E-state index contributed by atoms with van der Waals surface area (Å²) in [7, 11) is 0. The lowest BCUT2D eigenvalue weighted by atomic mass is 10.0. The van der Waals surface area contributed by atoms with Gasteiger partial charge >= 0.3 is 5.97 Å². The fraction of sp³-hybridized carbons (Fsp3) is 0.900. The Balaban J connectivity index is 2.28. The molecule has 1 aliphatic heterocycles. The average Bonchev–Trinajstić information content (AvgIpc) is 2.28. The summed E-state index contributed by atoms with van der Waals surface area (Å²) in [6.45, 7) is 6.80. The predicted octanol–water partition coefficient (Wildman–Crippen LogP) is 0.410. The molecule has 4 heteroatoms. The van der Waals surface area contributed by atoms with Gasteiger partial charge in [0, 0.05) is 19.6 Å². The quantitative estimate of drug-likeness (QED) is 0.691. The first-order valence-electron chi connectivity index (χ1n) is 5.11. The smallest absolute Gasteiger partial charge is 0.306 e. The molecule has 0 amide bonds. The maximum absolute atomic E-state index is 10.3. The van der Waals surface area contributed by atoms with Gasteiger partial charge in [-0.05, 0) is 11.8 Å². The standard InChI is InChI=1S/C10H19NO3/c1-7-4-11(5-8(7)2)6-9(12)3-10(13)14/h7-9,12H,3-6H2,1-2H3,(H,13,14). The minimum atomic E-state index is -0.933. The lowest BCUT2D eigenvalue weighted by Crippen LogP contribution is -2.32. The highest BCUT2D eigenvalue weighted by atomic mass is 16.4. The van der Waals surface area contributed by atoms with Crippen molar-refractivity contribution < 1.29 is 15.0 Å². The number of likely N-dealkylation sites (tertiary alicyclic amines) is 1. The first kappa shape index (κ1) is 11.5. The van der Waals surface area contributed by atoms with Gasteiger partial charge in [0.15, 0.2) is 0 Å². The second-order valence-electron chi connectivity index (χ2n) is 4.42. The maximum atomic E-state index is 10.3. The van der Waals surface area contributed by atoms with Crippen LogP contribution in [0.1, 0.15) is 20.3 Å². The van der Waals surface area contributed by atoms with Gasteiger partial charge in [-0.2, -0.15) is 0 Å². The highest BCUT2D eigenvalue weighted by Crippen LogP contribution is 2.22. The molecule has 0 bridgehead atoms. The molecule has 1 saturated heterocycles. The predicted molar refractivity (Wildman–Crippen MR) is 53.0 cm³/mol. The molecule has 0 saturated carbocycles. The number of hydrogen-bond acceptors (Lipinski definition) is 3. The van der Waals surface area contributed by atoms with Crippen LogP contribution in [0, 0.1) is 11.8 Å². The van der Waals surface area contributed by atoms with E-state index in [2.05, 4.69) is 18.7 Å². The third kappa shape index (κ3) is 3.27. The number of β-amino-alcohol motifs (C(OH)–C–C–N with tert-alkyl or cyclic N) is 1. The van der Waals surface area contributed by atoms with E-state index in [0.29, 0.717) is 18.4 Å². The number of aliphatic carboxylic acids is 1. The van der Waals surface area contributed by atoms with Crippen LogP contribution in [0.4, 0.5) is 0 Å². The maximum Gasteiger partial charge on any atom is 0.306 e. The van der Waals surface area contributed by atoms with E-state index in [9.17, 15) is 9.90 Å². The molecule has 0 aliphatic carbocycles. The molecule has 82 valence electrons. The SMILES string of the molecule is CC1CN(CC(O)CC(=O)O)CC1C. The lowest BCUT2D eigenvalue weighted by Gasteiger charge is -2.18. The third-order valence-electron chi connectivity index (χ3n) is 2.94. The topological polar surface area (TPSA) is 60.8 Å². The van der Waals surface area contributed by atoms with E-state index in [1.54, 1.807) is 0 Å². The van der Waals surface area contributed by atoms with E-state index in [4.69, 9.17) is 5.11 Å². The molecule has 1 heterocycles. The summed E-state index contributed by atoms with van der Waals surface area (Å²) in [6, 6.07) is 0. The summed E-state index contributed by atoms with van der Waals surface area (Å²) in [6.07, 6.45) is -0.885. The molecule has 3 atom stereocenters. The normalized spacial score (nSPS) is 30.5. The Bertz CT molecular complexity index is 198. The Morgan fingerprint density at radius 2 is 1.93 bits per heavy atom. The number of rotatable bonds is 4. The molecule has 0 aromatic heterocycles. The van der Waals surface area contributed by atoms with Gasteiger partial charge in [0.25, 0.3) is 0 Å². The number of carbonyl (C=O) groups is 1. The minimum Gasteiger partial charge on any atom is -0.481 e. The van der Waals surface area contributed by atoms with E-state index in [1.807, 2.05) is 0 Å². The van der Waals surface area contributed by atoms with E-state index in [0.717, 1.165) is 13.1 Å². The molecule has 0 spiro atoms. The van der Waals surface area contributed by atoms with Gasteiger partial charge < -0.3 is 15.1 Å². The summed E-state index contributed by atoms with van der Waals surface area (Å²) in [5.74, 6) is 0.358. The van der Waals surface area contributed by atoms with Crippen LogP contribution in [0.3, 0.4) is 0 Å². The molecule has 14 heavy (non-hydrogen) atoms. The zero-order valence-electron chi connectivity index (χ0n) is 8.81. The van der Waals surface area contributed by atoms with E-state index < -0.39 is 12.1 Å². The Labute approximate surface area is 84.5 Å². The van der Waals surface area contributed by atoms with Gasteiger partial charge in [-0.1, -0.05) is 13.8 Å². The average molecular weight is 201 g/mol. The van der Waals surface area contributed by atoms with E-state index >= 15 is 0 Å². The molecule has 1 aliphatic rings. The Morgan fingerprint density at radius 3 is 2.36 bits per heavy atom. The van der Waals surface area contributed by atoms with Crippen molar-refractivity contribution in [3.05, 3.63) is 0 Å². The minimum absolute atomic E-state index is 0.154. The van der Waals surface area contributed by atoms with Gasteiger partial charge in [0.2, 0.25) is 0 Å². The number of aliphatic hydroxyl groups excluding tert-OH is 1. The highest BCUT2D eigenvalue weighted by molar-refractivity contribution is 5.67. The molecule has 2 N–H and O–H groups in total. The molecule has 0 aromatic rings. The van der Waals surface area contributed by atoms with Crippen molar-refractivity contribution in [3.8, 4) is 0 Å². The fourth-order valence-electron chi connectivity index (χ4n) is 1.96. The van der Waals surface area contributed by atoms with Crippen LogP contribution in [-0.2, 0) is 4.79 Å². The zero-order chi connectivity index (χ0) is 10.7. The van der Waals surface area contributed by atoms with Crippen molar-refractivity contribution >= 4 is 5.97 Å². The van der Waals surface area contributed by atoms with Crippen molar-refractivity contribution in [3.63, 3.8) is 0 Å². The Hall–Kier alpha value is -0.610. The van der Waals surface area contributed by atoms with Crippen LogP contribution in [0.25, 0.3) is 0 Å². The van der Waals surface area contributed by atoms with Gasteiger partial charge in [-0.15, -0.1) is 0 Å². The number of carboxylic acid groups (broad SMARTS) is 1. The van der Waals surface area contributed by atoms with Crippen molar-refractivity contribution in [2.24, 2.45) is 11.8 Å². The van der Waals surface area contributed by atoms with Crippen LogP contribution in [0.5, 0.6) is 0 Å². The van der Waals surface area contributed by atoms with Gasteiger partial charge in [-0.25, -0.2) is 0 Å². The van der Waals surface area contributed by atoms with Crippen molar-refractivity contribution in [2.75, 3.05) is 19.6 Å². The monoisotopic (exact) mass is 201 g/mol. The van der Waals surface area contributed by atoms with Crippen LogP contribution in [-0.4, -0.2) is 46.8 Å². The number of nitrogens with zero attached hydrogens (tertiary/aromatic N) is 1. The molecule has 4 nitrogen and oxygen atoms in total. The van der Waals surface area contributed by atoms with Gasteiger partial charge in [-0.3, -0.25) is 4.79 Å². The summed E-state index contributed by atoms with van der Waals surface area (Å²) < 4.78 is 0. The highest BCUT2D eigenvalue weighted by Gasteiger charge is 2.27. The first-order chi connectivity index (χ1) is 6.49. The van der Waals surface area contributed by atoms with Crippen LogP contribution < -0.4 is 0 Å². The molecule has 1 rings (SSSR count). The van der Waals surface area contributed by atoms with Crippen LogP contribution in [0.2, 0.25) is 0 Å². The summed E-state index contributed by atoms with van der Waals surface area (Å²) in [5.41, 5.74) is 0. The number of hydrogen-bond donors (Lipinski definition) is 2. The van der Waals surface area contributed by atoms with Crippen molar-refractivity contribution in [1.29, 1.82) is 0 Å². The second kappa shape index (κ2) is 4.75. The third-order valence-corrected chi connectivity index (χ3v) is 2.94. The summed E-state index contributed by atoms with van der Waals surface area (Å²) in [4.78, 5) is 12.5. The second-order valence-corrected chi connectivity index (χ2v) is 4.42. The Kier molecular flexibility index (Phi) is 3.89. The molecule has 3 unspecified atom stereocenters. The summed E-state index contributed by atoms with van der Waals surface area (Å²) >= 11 is 0. The summed E-state index contributed by atoms with van der Waals surface area (Å²) in [5, 5.41) is 17.9. The molecule has 0 aromatic carbocycles. The van der Waals surface area contributed by atoms with Crippen molar-refractivity contribution in [1.82, 2.24) is 4.90 Å². The largest absolute Gasteiger partial charge is 0.481 e. The van der Waals surface area contributed by atoms with Crippen molar-refractivity contribution in [2.45, 2.75) is 26.4 Å². The first-order valence-corrected chi connectivity index (χ1v) is 5.11. The molecular formula is C10H19NO3. The van der Waals surface area contributed by atoms with Gasteiger partial charge in [0.1, 0.15) is 0 Å². The van der Waals surface area contributed by atoms with E-state index in [1.165, 1.54) is 0 Å². The molecule has 0 radical (unpaired) electrons. The van der Waals surface area contributed by atoms with Crippen LogP contribution in [0.15, 0.2) is 0 Å². The Morgan fingerprint density at radius 1 is 1.43 bits per heavy atom. The molecular weight excluding hydrogens is 182 g/mol. The molecule has 1 fully saturated rings. The number of aliphatic hydroxyl groups is 1. The number of carboxylic acids is 1. The zero-order valence-corrected chi connectivity index (χ0v) is 8.81.